The van der Waals surface area contributed by atoms with Gasteiger partial charge in [-0.3, -0.25) is 0 Å². The Morgan fingerprint density at radius 3 is 2.24 bits per heavy atom. The number of carbonyl (C=O) groups is 1. The van der Waals surface area contributed by atoms with Crippen LogP contribution in [0.25, 0.3) is 0 Å². The summed E-state index contributed by atoms with van der Waals surface area (Å²) in [6.45, 7) is -0.266. The molecule has 3 aromatic rings. The Hall–Kier alpha value is -3.41. The minimum atomic E-state index is -0.583. The van der Waals surface area contributed by atoms with Crippen molar-refractivity contribution in [3.8, 4) is 23.1 Å². The molecule has 0 bridgehead atoms. The maximum atomic E-state index is 12.8. The van der Waals surface area contributed by atoms with Gasteiger partial charge in [-0.25, -0.2) is 14.2 Å². The van der Waals surface area contributed by atoms with Crippen molar-refractivity contribution < 1.29 is 23.4 Å². The molecule has 0 N–H and O–H groups in total. The van der Waals surface area contributed by atoms with Crippen molar-refractivity contribution in [2.24, 2.45) is 0 Å². The summed E-state index contributed by atoms with van der Waals surface area (Å²) in [6, 6.07) is 17.3. The van der Waals surface area contributed by atoms with Crippen LogP contribution < -0.4 is 14.2 Å². The molecule has 0 saturated heterocycles. The lowest BCUT2D eigenvalue weighted by Gasteiger charge is -2.08. The van der Waals surface area contributed by atoms with Gasteiger partial charge in [-0.05, 0) is 54.6 Å². The third-order valence-corrected chi connectivity index (χ3v) is 3.09. The first-order chi connectivity index (χ1) is 12.2. The minimum Gasteiger partial charge on any atom is -0.482 e. The molecule has 0 spiro atoms. The van der Waals surface area contributed by atoms with E-state index in [1.807, 2.05) is 6.07 Å². The molecule has 0 fully saturated rings. The predicted octanol–water partition coefficient (Wildman–Crippen LogP) is 4.00. The molecule has 25 heavy (non-hydrogen) atoms. The van der Waals surface area contributed by atoms with Crippen LogP contribution in [0, 0.1) is 5.82 Å². The van der Waals surface area contributed by atoms with E-state index in [4.69, 9.17) is 14.2 Å². The van der Waals surface area contributed by atoms with Gasteiger partial charge in [0.05, 0.1) is 0 Å². The lowest BCUT2D eigenvalue weighted by molar-refractivity contribution is -0.136. The molecule has 126 valence electrons. The molecule has 0 amide bonds. The number of aromatic nitrogens is 1. The second-order valence-corrected chi connectivity index (χ2v) is 4.96. The van der Waals surface area contributed by atoms with Crippen LogP contribution in [-0.4, -0.2) is 17.6 Å². The average molecular weight is 339 g/mol. The normalized spacial score (nSPS) is 10.1. The number of hydrogen-bond donors (Lipinski definition) is 0. The van der Waals surface area contributed by atoms with Crippen LogP contribution in [0.15, 0.2) is 72.9 Å². The molecule has 0 radical (unpaired) electrons. The SMILES string of the molecule is O=C(COc1ccc(Oc2ccccn2)cc1)Oc1ccc(F)cc1. The zero-order valence-corrected chi connectivity index (χ0v) is 13.1. The number of esters is 1. The highest BCUT2D eigenvalue weighted by Crippen LogP contribution is 2.22. The lowest BCUT2D eigenvalue weighted by atomic mass is 10.3. The predicted molar refractivity (Wildman–Crippen MR) is 88.3 cm³/mol. The zero-order chi connectivity index (χ0) is 17.5. The molecule has 2 aromatic carbocycles. The van der Waals surface area contributed by atoms with Crippen LogP contribution in [0.2, 0.25) is 0 Å². The number of rotatable bonds is 6. The summed E-state index contributed by atoms with van der Waals surface area (Å²) in [4.78, 5) is 15.8. The van der Waals surface area contributed by atoms with Crippen molar-refractivity contribution in [3.63, 3.8) is 0 Å². The van der Waals surface area contributed by atoms with Crippen LogP contribution in [0.4, 0.5) is 4.39 Å². The molecule has 0 atom stereocenters. The van der Waals surface area contributed by atoms with Crippen LogP contribution in [0.5, 0.6) is 23.1 Å². The van der Waals surface area contributed by atoms with E-state index in [0.717, 1.165) is 0 Å². The summed E-state index contributed by atoms with van der Waals surface area (Å²) in [5, 5.41) is 0. The number of benzene rings is 2. The lowest BCUT2D eigenvalue weighted by Crippen LogP contribution is -2.17. The van der Waals surface area contributed by atoms with Gasteiger partial charge in [0, 0.05) is 12.3 Å². The Morgan fingerprint density at radius 1 is 0.880 bits per heavy atom. The van der Waals surface area contributed by atoms with Crippen LogP contribution in [0.3, 0.4) is 0 Å². The van der Waals surface area contributed by atoms with E-state index in [1.54, 1.807) is 42.6 Å². The van der Waals surface area contributed by atoms with E-state index in [2.05, 4.69) is 4.98 Å². The van der Waals surface area contributed by atoms with Gasteiger partial charge in [0.1, 0.15) is 23.1 Å². The molecule has 1 aromatic heterocycles. The highest BCUT2D eigenvalue weighted by molar-refractivity contribution is 5.73. The molecule has 6 heteroatoms. The first-order valence-electron chi connectivity index (χ1n) is 7.47. The number of pyridine rings is 1. The van der Waals surface area contributed by atoms with Crippen molar-refractivity contribution in [1.82, 2.24) is 4.98 Å². The summed E-state index contributed by atoms with van der Waals surface area (Å²) in [7, 11) is 0. The molecule has 0 unspecified atom stereocenters. The van der Waals surface area contributed by atoms with Gasteiger partial charge in [-0.15, -0.1) is 0 Å². The molecule has 0 aliphatic carbocycles. The highest BCUT2D eigenvalue weighted by atomic mass is 19.1. The number of carbonyl (C=O) groups excluding carboxylic acids is 1. The van der Waals surface area contributed by atoms with Crippen LogP contribution >= 0.6 is 0 Å². The molecule has 3 rings (SSSR count). The molecule has 0 aliphatic heterocycles. The standard InChI is InChI=1S/C19H14FNO4/c20-14-4-6-17(7-5-14)25-19(22)13-23-15-8-10-16(11-9-15)24-18-3-1-2-12-21-18/h1-12H,13H2. The number of halogens is 1. The van der Waals surface area contributed by atoms with E-state index in [0.29, 0.717) is 17.4 Å². The molecule has 0 aliphatic rings. The molecular formula is C19H14FNO4. The summed E-state index contributed by atoms with van der Waals surface area (Å²) in [6.07, 6.45) is 1.64. The summed E-state index contributed by atoms with van der Waals surface area (Å²) >= 11 is 0. The summed E-state index contributed by atoms with van der Waals surface area (Å²) in [5.74, 6) is 0.849. The Balaban J connectivity index is 1.49. The van der Waals surface area contributed by atoms with Gasteiger partial charge in [0.2, 0.25) is 5.88 Å². The van der Waals surface area contributed by atoms with Crippen LogP contribution in [0.1, 0.15) is 0 Å². The van der Waals surface area contributed by atoms with Gasteiger partial charge < -0.3 is 14.2 Å². The second-order valence-electron chi connectivity index (χ2n) is 4.96. The van der Waals surface area contributed by atoms with Crippen molar-refractivity contribution >= 4 is 5.97 Å². The topological polar surface area (TPSA) is 57.7 Å². The third-order valence-electron chi connectivity index (χ3n) is 3.09. The van der Waals surface area contributed by atoms with Crippen molar-refractivity contribution in [1.29, 1.82) is 0 Å². The summed E-state index contributed by atoms with van der Waals surface area (Å²) < 4.78 is 28.7. The van der Waals surface area contributed by atoms with Gasteiger partial charge >= 0.3 is 5.97 Å². The third kappa shape index (κ3) is 5.04. The fourth-order valence-corrected chi connectivity index (χ4v) is 1.94. The Bertz CT molecular complexity index is 820. The average Bonchev–Trinajstić information content (AvgIpc) is 2.64. The number of nitrogens with zero attached hydrogens (tertiary/aromatic N) is 1. The quantitative estimate of drug-likeness (QED) is 0.502. The largest absolute Gasteiger partial charge is 0.482 e. The fraction of sp³-hybridized carbons (Fsp3) is 0.0526. The van der Waals surface area contributed by atoms with Gasteiger partial charge in [-0.2, -0.15) is 0 Å². The fourth-order valence-electron chi connectivity index (χ4n) is 1.94. The monoisotopic (exact) mass is 339 g/mol. The molecular weight excluding hydrogens is 325 g/mol. The van der Waals surface area contributed by atoms with Crippen molar-refractivity contribution in [2.75, 3.05) is 6.61 Å². The zero-order valence-electron chi connectivity index (χ0n) is 13.1. The number of ether oxygens (including phenoxy) is 3. The first-order valence-corrected chi connectivity index (χ1v) is 7.47. The minimum absolute atomic E-state index is 0.258. The van der Waals surface area contributed by atoms with E-state index < -0.39 is 11.8 Å². The molecule has 0 saturated carbocycles. The van der Waals surface area contributed by atoms with Gasteiger partial charge in [0.15, 0.2) is 6.61 Å². The Kier molecular flexibility index (Phi) is 5.21. The van der Waals surface area contributed by atoms with Crippen molar-refractivity contribution in [2.45, 2.75) is 0 Å². The van der Waals surface area contributed by atoms with Gasteiger partial charge in [-0.1, -0.05) is 6.07 Å². The molecule has 5 nitrogen and oxygen atoms in total. The van der Waals surface area contributed by atoms with E-state index in [-0.39, 0.29) is 12.4 Å². The highest BCUT2D eigenvalue weighted by Gasteiger charge is 2.07. The van der Waals surface area contributed by atoms with E-state index in [1.165, 1.54) is 24.3 Å². The van der Waals surface area contributed by atoms with E-state index >= 15 is 0 Å². The Labute approximate surface area is 143 Å². The molecule has 1 heterocycles. The number of hydrogen-bond acceptors (Lipinski definition) is 5. The second kappa shape index (κ2) is 7.92. The maximum Gasteiger partial charge on any atom is 0.349 e. The smallest absolute Gasteiger partial charge is 0.349 e. The van der Waals surface area contributed by atoms with Crippen LogP contribution in [-0.2, 0) is 4.79 Å². The first kappa shape index (κ1) is 16.4. The Morgan fingerprint density at radius 2 is 1.56 bits per heavy atom. The van der Waals surface area contributed by atoms with E-state index in [9.17, 15) is 9.18 Å². The van der Waals surface area contributed by atoms with Gasteiger partial charge in [0.25, 0.3) is 0 Å². The van der Waals surface area contributed by atoms with Crippen molar-refractivity contribution in [3.05, 3.63) is 78.7 Å². The maximum absolute atomic E-state index is 12.8. The summed E-state index contributed by atoms with van der Waals surface area (Å²) in [5.41, 5.74) is 0.